The van der Waals surface area contributed by atoms with Crippen LogP contribution in [-0.2, 0) is 11.2 Å². The monoisotopic (exact) mass is 193 g/mol. The molecule has 0 saturated heterocycles. The fraction of sp³-hybridized carbons (Fsp3) is 0.300. The highest BCUT2D eigenvalue weighted by atomic mass is 32.2. The third-order valence-electron chi connectivity index (χ3n) is 2.01. The minimum atomic E-state index is 0.105. The van der Waals surface area contributed by atoms with Gasteiger partial charge >= 0.3 is 0 Å². The van der Waals surface area contributed by atoms with E-state index in [1.807, 2.05) is 6.07 Å². The highest BCUT2D eigenvalue weighted by molar-refractivity contribution is 7.99. The van der Waals surface area contributed by atoms with E-state index < -0.39 is 0 Å². The predicted octanol–water partition coefficient (Wildman–Crippen LogP) is 2.29. The Labute approximate surface area is 81.7 Å². The topological polar surface area (TPSA) is 29.1 Å². The van der Waals surface area contributed by atoms with Crippen LogP contribution in [0.4, 0.5) is 5.69 Å². The highest BCUT2D eigenvalue weighted by Crippen LogP contribution is 2.28. The average Bonchev–Trinajstić information content (AvgIpc) is 2.44. The van der Waals surface area contributed by atoms with Crippen LogP contribution in [0, 0.1) is 0 Å². The second-order valence-electron chi connectivity index (χ2n) is 2.98. The number of carbonyl (C=O) groups is 1. The Morgan fingerprint density at radius 2 is 2.38 bits per heavy atom. The molecule has 0 fully saturated rings. The van der Waals surface area contributed by atoms with Gasteiger partial charge in [0.15, 0.2) is 0 Å². The first-order valence-electron chi connectivity index (χ1n) is 4.35. The van der Waals surface area contributed by atoms with Gasteiger partial charge in [0.2, 0.25) is 5.91 Å². The van der Waals surface area contributed by atoms with Gasteiger partial charge in [-0.3, -0.25) is 4.79 Å². The predicted molar refractivity (Wildman–Crippen MR) is 55.2 cm³/mol. The molecule has 13 heavy (non-hydrogen) atoms. The Morgan fingerprint density at radius 1 is 1.54 bits per heavy atom. The van der Waals surface area contributed by atoms with E-state index in [4.69, 9.17) is 0 Å². The van der Waals surface area contributed by atoms with Crippen molar-refractivity contribution in [3.63, 3.8) is 0 Å². The zero-order valence-corrected chi connectivity index (χ0v) is 8.28. The summed E-state index contributed by atoms with van der Waals surface area (Å²) in [5, 5.41) is 2.82. The van der Waals surface area contributed by atoms with Crippen molar-refractivity contribution in [1.29, 1.82) is 0 Å². The van der Waals surface area contributed by atoms with Crippen molar-refractivity contribution in [3.05, 3.63) is 23.8 Å². The van der Waals surface area contributed by atoms with Crippen LogP contribution < -0.4 is 5.32 Å². The van der Waals surface area contributed by atoms with Gasteiger partial charge in [-0.25, -0.2) is 0 Å². The summed E-state index contributed by atoms with van der Waals surface area (Å²) >= 11 is 1.80. The molecule has 3 heteroatoms. The number of hydrogen-bond acceptors (Lipinski definition) is 2. The lowest BCUT2D eigenvalue weighted by Crippen LogP contribution is -2.03. The number of rotatable bonds is 2. The van der Waals surface area contributed by atoms with E-state index in [9.17, 15) is 4.79 Å². The van der Waals surface area contributed by atoms with Crippen LogP contribution in [0.3, 0.4) is 0 Å². The van der Waals surface area contributed by atoms with Crippen molar-refractivity contribution in [3.8, 4) is 0 Å². The molecular formula is C10H11NOS. The molecule has 0 unspecified atom stereocenters. The van der Waals surface area contributed by atoms with Crippen LogP contribution in [0.5, 0.6) is 0 Å². The highest BCUT2D eigenvalue weighted by Gasteiger charge is 2.16. The van der Waals surface area contributed by atoms with E-state index >= 15 is 0 Å². The van der Waals surface area contributed by atoms with Gasteiger partial charge in [0.05, 0.1) is 6.42 Å². The Bertz CT molecular complexity index is 349. The molecule has 1 aliphatic rings. The standard InChI is InChI=1S/C10H11NOS/c1-2-13-8-3-4-9-7(5-8)6-10(12)11-9/h3-5H,2,6H2,1H3,(H,11,12). The first kappa shape index (κ1) is 8.63. The zero-order chi connectivity index (χ0) is 9.26. The molecule has 1 heterocycles. The number of anilines is 1. The van der Waals surface area contributed by atoms with E-state index in [-0.39, 0.29) is 5.91 Å². The second kappa shape index (κ2) is 3.42. The van der Waals surface area contributed by atoms with Gasteiger partial charge in [-0.05, 0) is 29.5 Å². The SMILES string of the molecule is CCSc1ccc2c(c1)CC(=O)N2. The summed E-state index contributed by atoms with van der Waals surface area (Å²) in [5.41, 5.74) is 2.11. The van der Waals surface area contributed by atoms with Crippen LogP contribution in [-0.4, -0.2) is 11.7 Å². The van der Waals surface area contributed by atoms with E-state index in [0.29, 0.717) is 6.42 Å². The lowest BCUT2D eigenvalue weighted by Gasteiger charge is -2.01. The lowest BCUT2D eigenvalue weighted by molar-refractivity contribution is -0.115. The minimum Gasteiger partial charge on any atom is -0.326 e. The van der Waals surface area contributed by atoms with Crippen molar-refractivity contribution in [2.24, 2.45) is 0 Å². The van der Waals surface area contributed by atoms with Crippen LogP contribution in [0.2, 0.25) is 0 Å². The average molecular weight is 193 g/mol. The molecule has 2 rings (SSSR count). The summed E-state index contributed by atoms with van der Waals surface area (Å²) in [4.78, 5) is 12.3. The number of carbonyl (C=O) groups excluding carboxylic acids is 1. The van der Waals surface area contributed by atoms with Crippen molar-refractivity contribution in [1.82, 2.24) is 0 Å². The summed E-state index contributed by atoms with van der Waals surface area (Å²) in [7, 11) is 0. The van der Waals surface area contributed by atoms with E-state index in [2.05, 4.69) is 24.4 Å². The van der Waals surface area contributed by atoms with Crippen molar-refractivity contribution >= 4 is 23.4 Å². The van der Waals surface area contributed by atoms with Gasteiger partial charge in [0.25, 0.3) is 0 Å². The van der Waals surface area contributed by atoms with Gasteiger partial charge in [0.1, 0.15) is 0 Å². The van der Waals surface area contributed by atoms with E-state index in [0.717, 1.165) is 17.0 Å². The van der Waals surface area contributed by atoms with Crippen LogP contribution >= 0.6 is 11.8 Å². The summed E-state index contributed by atoms with van der Waals surface area (Å²) in [6.45, 7) is 2.13. The summed E-state index contributed by atoms with van der Waals surface area (Å²) < 4.78 is 0. The molecular weight excluding hydrogens is 182 g/mol. The molecule has 1 aromatic carbocycles. The Morgan fingerprint density at radius 3 is 3.15 bits per heavy atom. The van der Waals surface area contributed by atoms with E-state index in [1.165, 1.54) is 4.90 Å². The molecule has 0 saturated carbocycles. The van der Waals surface area contributed by atoms with Crippen molar-refractivity contribution < 1.29 is 4.79 Å². The van der Waals surface area contributed by atoms with Gasteiger partial charge in [-0.15, -0.1) is 11.8 Å². The van der Waals surface area contributed by atoms with Crippen LogP contribution in [0.25, 0.3) is 0 Å². The molecule has 0 atom stereocenters. The molecule has 1 N–H and O–H groups in total. The molecule has 2 nitrogen and oxygen atoms in total. The maximum Gasteiger partial charge on any atom is 0.228 e. The molecule has 1 aliphatic heterocycles. The number of fused-ring (bicyclic) bond motifs is 1. The van der Waals surface area contributed by atoms with E-state index in [1.54, 1.807) is 11.8 Å². The number of thioether (sulfide) groups is 1. The molecule has 0 spiro atoms. The molecule has 0 aromatic heterocycles. The zero-order valence-electron chi connectivity index (χ0n) is 7.46. The fourth-order valence-electron chi connectivity index (χ4n) is 1.46. The van der Waals surface area contributed by atoms with Gasteiger partial charge in [-0.1, -0.05) is 6.92 Å². The summed E-state index contributed by atoms with van der Waals surface area (Å²) in [6, 6.07) is 6.14. The molecule has 0 bridgehead atoms. The largest absolute Gasteiger partial charge is 0.326 e. The van der Waals surface area contributed by atoms with Crippen LogP contribution in [0.15, 0.2) is 23.1 Å². The minimum absolute atomic E-state index is 0.105. The quantitative estimate of drug-likeness (QED) is 0.730. The van der Waals surface area contributed by atoms with Gasteiger partial charge in [0, 0.05) is 10.6 Å². The molecule has 68 valence electrons. The number of amides is 1. The maximum atomic E-state index is 11.1. The number of nitrogens with one attached hydrogen (secondary N) is 1. The smallest absolute Gasteiger partial charge is 0.228 e. The first-order valence-corrected chi connectivity index (χ1v) is 5.33. The third-order valence-corrected chi connectivity index (χ3v) is 2.89. The lowest BCUT2D eigenvalue weighted by atomic mass is 10.2. The molecule has 1 amide bonds. The van der Waals surface area contributed by atoms with Crippen molar-refractivity contribution in [2.45, 2.75) is 18.2 Å². The summed E-state index contributed by atoms with van der Waals surface area (Å²) in [6.07, 6.45) is 0.535. The molecule has 0 aliphatic carbocycles. The Balaban J connectivity index is 2.29. The third kappa shape index (κ3) is 1.70. The van der Waals surface area contributed by atoms with Crippen molar-refractivity contribution in [2.75, 3.05) is 11.1 Å². The Hall–Kier alpha value is -0.960. The maximum absolute atomic E-state index is 11.1. The van der Waals surface area contributed by atoms with Crippen LogP contribution in [0.1, 0.15) is 12.5 Å². The molecule has 0 radical (unpaired) electrons. The number of benzene rings is 1. The Kier molecular flexibility index (Phi) is 2.27. The normalized spacial score (nSPS) is 14.1. The first-order chi connectivity index (χ1) is 6.29. The van der Waals surface area contributed by atoms with Gasteiger partial charge in [-0.2, -0.15) is 0 Å². The van der Waals surface area contributed by atoms with Gasteiger partial charge < -0.3 is 5.32 Å². The molecule has 1 aromatic rings. The fourth-order valence-corrected chi connectivity index (χ4v) is 2.19. The number of hydrogen-bond donors (Lipinski definition) is 1. The summed E-state index contributed by atoms with van der Waals surface area (Å²) in [5.74, 6) is 1.17. The second-order valence-corrected chi connectivity index (χ2v) is 4.31.